The van der Waals surface area contributed by atoms with E-state index in [1.165, 1.54) is 7.11 Å². The van der Waals surface area contributed by atoms with Crippen molar-refractivity contribution in [2.75, 3.05) is 24.7 Å². The number of anilines is 2. The third kappa shape index (κ3) is 4.49. The standard InChI is InChI=1S/C20H23N5O2/c1-3-4-10-22-18-17-16(24-20(21)25-18)9-8-15(23-17)12-13-6-5-7-14(11-13)19(26)27-2/h5-9,11H,3-4,10,12H2,1-2H3,(H3,21,22,24,25). The fourth-order valence-corrected chi connectivity index (χ4v) is 2.81. The van der Waals surface area contributed by atoms with Gasteiger partial charge in [0.25, 0.3) is 0 Å². The van der Waals surface area contributed by atoms with Gasteiger partial charge in [-0.3, -0.25) is 0 Å². The number of carbonyl (C=O) groups is 1. The number of nitrogens with zero attached hydrogens (tertiary/aromatic N) is 3. The number of unbranched alkanes of at least 4 members (excludes halogenated alkanes) is 1. The van der Waals surface area contributed by atoms with Gasteiger partial charge in [-0.15, -0.1) is 0 Å². The van der Waals surface area contributed by atoms with Crippen molar-refractivity contribution in [2.45, 2.75) is 26.2 Å². The normalized spacial score (nSPS) is 10.7. The van der Waals surface area contributed by atoms with Crippen molar-refractivity contribution in [1.82, 2.24) is 15.0 Å². The lowest BCUT2D eigenvalue weighted by Crippen LogP contribution is -2.08. The van der Waals surface area contributed by atoms with Crippen LogP contribution in [0.5, 0.6) is 0 Å². The summed E-state index contributed by atoms with van der Waals surface area (Å²) >= 11 is 0. The third-order valence-electron chi connectivity index (χ3n) is 4.17. The summed E-state index contributed by atoms with van der Waals surface area (Å²) in [5.74, 6) is 0.521. The van der Waals surface area contributed by atoms with Crippen LogP contribution in [0.3, 0.4) is 0 Å². The van der Waals surface area contributed by atoms with Crippen LogP contribution in [0.25, 0.3) is 11.0 Å². The maximum Gasteiger partial charge on any atom is 0.337 e. The minimum absolute atomic E-state index is 0.224. The fraction of sp³-hybridized carbons (Fsp3) is 0.300. The fourth-order valence-electron chi connectivity index (χ4n) is 2.81. The molecule has 0 saturated carbocycles. The van der Waals surface area contributed by atoms with Gasteiger partial charge < -0.3 is 15.8 Å². The molecule has 7 heteroatoms. The zero-order valence-electron chi connectivity index (χ0n) is 15.5. The lowest BCUT2D eigenvalue weighted by molar-refractivity contribution is 0.0600. The average molecular weight is 365 g/mol. The summed E-state index contributed by atoms with van der Waals surface area (Å²) in [6, 6.07) is 11.1. The van der Waals surface area contributed by atoms with Gasteiger partial charge in [0.15, 0.2) is 5.82 Å². The third-order valence-corrected chi connectivity index (χ3v) is 4.17. The number of nitrogens with two attached hydrogens (primary N) is 1. The van der Waals surface area contributed by atoms with E-state index in [1.807, 2.05) is 30.3 Å². The van der Waals surface area contributed by atoms with Gasteiger partial charge in [-0.1, -0.05) is 25.5 Å². The van der Waals surface area contributed by atoms with Crippen molar-refractivity contribution in [3.63, 3.8) is 0 Å². The van der Waals surface area contributed by atoms with E-state index < -0.39 is 0 Å². The zero-order chi connectivity index (χ0) is 19.2. The highest BCUT2D eigenvalue weighted by atomic mass is 16.5. The van der Waals surface area contributed by atoms with E-state index in [4.69, 9.17) is 15.5 Å². The molecule has 2 heterocycles. The van der Waals surface area contributed by atoms with Crippen LogP contribution in [0.15, 0.2) is 36.4 Å². The average Bonchev–Trinajstić information content (AvgIpc) is 2.68. The van der Waals surface area contributed by atoms with Crippen molar-refractivity contribution in [1.29, 1.82) is 0 Å². The van der Waals surface area contributed by atoms with E-state index in [9.17, 15) is 4.79 Å². The summed E-state index contributed by atoms with van der Waals surface area (Å²) in [6.07, 6.45) is 2.70. The predicted octanol–water partition coefficient (Wildman–Crippen LogP) is 3.20. The van der Waals surface area contributed by atoms with Crippen LogP contribution < -0.4 is 11.1 Å². The first-order valence-corrected chi connectivity index (χ1v) is 8.95. The van der Waals surface area contributed by atoms with Gasteiger partial charge in [0.05, 0.1) is 18.2 Å². The summed E-state index contributed by atoms with van der Waals surface area (Å²) < 4.78 is 4.78. The van der Waals surface area contributed by atoms with Crippen molar-refractivity contribution in [2.24, 2.45) is 0 Å². The highest BCUT2D eigenvalue weighted by Gasteiger charge is 2.10. The van der Waals surface area contributed by atoms with Gasteiger partial charge in [-0.2, -0.15) is 4.98 Å². The highest BCUT2D eigenvalue weighted by Crippen LogP contribution is 2.21. The first kappa shape index (κ1) is 18.6. The van der Waals surface area contributed by atoms with Crippen LogP contribution in [0.2, 0.25) is 0 Å². The SMILES string of the molecule is CCCCNc1nc(N)nc2ccc(Cc3cccc(C(=O)OC)c3)nc12. The molecule has 0 atom stereocenters. The van der Waals surface area contributed by atoms with Crippen molar-refractivity contribution in [3.05, 3.63) is 53.2 Å². The van der Waals surface area contributed by atoms with E-state index in [2.05, 4.69) is 22.2 Å². The maximum atomic E-state index is 11.7. The number of ether oxygens (including phenoxy) is 1. The Morgan fingerprint density at radius 3 is 2.81 bits per heavy atom. The largest absolute Gasteiger partial charge is 0.465 e. The highest BCUT2D eigenvalue weighted by molar-refractivity contribution is 5.89. The summed E-state index contributed by atoms with van der Waals surface area (Å²) in [7, 11) is 1.37. The van der Waals surface area contributed by atoms with E-state index in [1.54, 1.807) is 6.07 Å². The molecule has 27 heavy (non-hydrogen) atoms. The van der Waals surface area contributed by atoms with E-state index >= 15 is 0 Å². The number of pyridine rings is 1. The molecule has 0 saturated heterocycles. The van der Waals surface area contributed by atoms with Crippen LogP contribution in [-0.4, -0.2) is 34.6 Å². The number of nitrogen functional groups attached to an aromatic ring is 1. The van der Waals surface area contributed by atoms with Crippen LogP contribution >= 0.6 is 0 Å². The lowest BCUT2D eigenvalue weighted by atomic mass is 10.1. The summed E-state index contributed by atoms with van der Waals surface area (Å²) in [4.78, 5) is 25.0. The number of methoxy groups -OCH3 is 1. The lowest BCUT2D eigenvalue weighted by Gasteiger charge is -2.10. The first-order chi connectivity index (χ1) is 13.1. The van der Waals surface area contributed by atoms with Crippen LogP contribution in [-0.2, 0) is 11.2 Å². The molecule has 0 aliphatic rings. The van der Waals surface area contributed by atoms with Gasteiger partial charge >= 0.3 is 5.97 Å². The molecule has 140 valence electrons. The Morgan fingerprint density at radius 1 is 1.19 bits per heavy atom. The number of aromatic nitrogens is 3. The Bertz CT molecular complexity index is 958. The number of nitrogens with one attached hydrogen (secondary N) is 1. The number of carbonyl (C=O) groups excluding carboxylic acids is 1. The molecule has 3 N–H and O–H groups in total. The Kier molecular flexibility index (Phi) is 5.80. The molecule has 1 aromatic carbocycles. The van der Waals surface area contributed by atoms with Crippen molar-refractivity contribution in [3.8, 4) is 0 Å². The van der Waals surface area contributed by atoms with Crippen molar-refractivity contribution < 1.29 is 9.53 Å². The molecular weight excluding hydrogens is 342 g/mol. The van der Waals surface area contributed by atoms with E-state index in [-0.39, 0.29) is 11.9 Å². The van der Waals surface area contributed by atoms with E-state index in [0.29, 0.717) is 28.8 Å². The number of rotatable bonds is 7. The zero-order valence-corrected chi connectivity index (χ0v) is 15.5. The molecule has 0 radical (unpaired) electrons. The predicted molar refractivity (Wildman–Crippen MR) is 106 cm³/mol. The van der Waals surface area contributed by atoms with Gasteiger partial charge in [-0.05, 0) is 36.2 Å². The van der Waals surface area contributed by atoms with Crippen LogP contribution in [0.4, 0.5) is 11.8 Å². The Hall–Kier alpha value is -3.22. The molecule has 0 bridgehead atoms. The molecule has 0 unspecified atom stereocenters. The van der Waals surface area contributed by atoms with Gasteiger partial charge in [-0.25, -0.2) is 14.8 Å². The smallest absolute Gasteiger partial charge is 0.337 e. The molecule has 0 amide bonds. The van der Waals surface area contributed by atoms with Gasteiger partial charge in [0, 0.05) is 18.7 Å². The quantitative estimate of drug-likeness (QED) is 0.489. The summed E-state index contributed by atoms with van der Waals surface area (Å²) in [5.41, 5.74) is 9.57. The second-order valence-electron chi connectivity index (χ2n) is 6.25. The Morgan fingerprint density at radius 2 is 2.04 bits per heavy atom. The minimum Gasteiger partial charge on any atom is -0.465 e. The number of benzene rings is 1. The molecule has 0 aliphatic carbocycles. The molecule has 0 spiro atoms. The Balaban J connectivity index is 1.90. The molecule has 7 nitrogen and oxygen atoms in total. The number of hydrogen-bond donors (Lipinski definition) is 2. The molecule has 0 fully saturated rings. The minimum atomic E-state index is -0.352. The van der Waals surface area contributed by atoms with E-state index in [0.717, 1.165) is 30.6 Å². The monoisotopic (exact) mass is 365 g/mol. The second kappa shape index (κ2) is 8.44. The number of fused-ring (bicyclic) bond motifs is 1. The summed E-state index contributed by atoms with van der Waals surface area (Å²) in [6.45, 7) is 2.93. The van der Waals surface area contributed by atoms with Gasteiger partial charge in [0.2, 0.25) is 5.95 Å². The topological polar surface area (TPSA) is 103 Å². The van der Waals surface area contributed by atoms with Crippen molar-refractivity contribution >= 4 is 28.8 Å². The number of hydrogen-bond acceptors (Lipinski definition) is 7. The first-order valence-electron chi connectivity index (χ1n) is 8.95. The summed E-state index contributed by atoms with van der Waals surface area (Å²) in [5, 5.41) is 3.30. The molecule has 3 aromatic rings. The molecule has 3 rings (SSSR count). The molecular formula is C20H23N5O2. The van der Waals surface area contributed by atoms with Crippen LogP contribution in [0, 0.1) is 0 Å². The molecule has 2 aromatic heterocycles. The molecule has 0 aliphatic heterocycles. The van der Waals surface area contributed by atoms with Gasteiger partial charge in [0.1, 0.15) is 5.52 Å². The number of esters is 1. The van der Waals surface area contributed by atoms with Crippen LogP contribution in [0.1, 0.15) is 41.4 Å². The maximum absolute atomic E-state index is 11.7. The second-order valence-corrected chi connectivity index (χ2v) is 6.25. The Labute approximate surface area is 158 Å².